The third-order valence-corrected chi connectivity index (χ3v) is 7.21. The number of amides is 1. The summed E-state index contributed by atoms with van der Waals surface area (Å²) in [6, 6.07) is 17.2. The number of carbonyl (C=O) groups is 1. The molecule has 0 unspecified atom stereocenters. The number of rotatable bonds is 5. The molecule has 6 rings (SSSR count). The lowest BCUT2D eigenvalue weighted by molar-refractivity contribution is 0.0240. The van der Waals surface area contributed by atoms with E-state index in [4.69, 9.17) is 4.74 Å². The Morgan fingerprint density at radius 2 is 1.76 bits per heavy atom. The third-order valence-electron chi connectivity index (χ3n) is 7.21. The van der Waals surface area contributed by atoms with Crippen LogP contribution < -0.4 is 4.90 Å². The van der Waals surface area contributed by atoms with E-state index in [9.17, 15) is 9.18 Å². The highest BCUT2D eigenvalue weighted by Gasteiger charge is 2.26. The van der Waals surface area contributed by atoms with Crippen molar-refractivity contribution in [1.82, 2.24) is 24.6 Å². The van der Waals surface area contributed by atoms with Crippen molar-refractivity contribution in [2.75, 3.05) is 31.1 Å². The first-order valence-corrected chi connectivity index (χ1v) is 13.8. The maximum absolute atomic E-state index is 13.6. The Kier molecular flexibility index (Phi) is 6.95. The van der Waals surface area contributed by atoms with Gasteiger partial charge in [0.1, 0.15) is 17.1 Å². The van der Waals surface area contributed by atoms with Crippen molar-refractivity contribution in [1.29, 1.82) is 0 Å². The summed E-state index contributed by atoms with van der Waals surface area (Å²) in [4.78, 5) is 24.4. The highest BCUT2D eigenvalue weighted by atomic mass is 19.1. The summed E-state index contributed by atoms with van der Waals surface area (Å²) < 4.78 is 20.9. The molecule has 1 N–H and O–H groups in total. The zero-order valence-corrected chi connectivity index (χ0v) is 23.5. The highest BCUT2D eigenvalue weighted by Crippen LogP contribution is 2.32. The molecule has 5 aromatic rings. The highest BCUT2D eigenvalue weighted by molar-refractivity contribution is 5.95. The number of H-pyrrole nitrogens is 1. The average Bonchev–Trinajstić information content (AvgIpc) is 3.59. The number of nitrogens with one attached hydrogen (secondary N) is 1. The second-order valence-electron chi connectivity index (χ2n) is 11.4. The first kappa shape index (κ1) is 26.6. The molecule has 2 aromatic carbocycles. The van der Waals surface area contributed by atoms with Gasteiger partial charge in [-0.05, 0) is 62.2 Å². The summed E-state index contributed by atoms with van der Waals surface area (Å²) >= 11 is 0. The number of halogens is 1. The molecule has 0 bridgehead atoms. The van der Waals surface area contributed by atoms with Crippen molar-refractivity contribution in [2.45, 2.75) is 32.9 Å². The van der Waals surface area contributed by atoms with Crippen LogP contribution in [0.4, 0.5) is 14.9 Å². The summed E-state index contributed by atoms with van der Waals surface area (Å²) in [5.41, 5.74) is 6.37. The molecule has 1 saturated heterocycles. The van der Waals surface area contributed by atoms with Gasteiger partial charge in [-0.3, -0.25) is 4.68 Å². The summed E-state index contributed by atoms with van der Waals surface area (Å²) in [7, 11) is 0. The van der Waals surface area contributed by atoms with E-state index in [1.165, 1.54) is 12.1 Å². The van der Waals surface area contributed by atoms with Gasteiger partial charge >= 0.3 is 6.09 Å². The smallest absolute Gasteiger partial charge is 0.410 e. The molecule has 1 aliphatic heterocycles. The van der Waals surface area contributed by atoms with Crippen LogP contribution in [0.3, 0.4) is 0 Å². The van der Waals surface area contributed by atoms with Gasteiger partial charge in [-0.25, -0.2) is 14.2 Å². The van der Waals surface area contributed by atoms with Gasteiger partial charge in [0.2, 0.25) is 0 Å². The Hall–Kier alpha value is -4.66. The molecule has 9 heteroatoms. The number of aromatic amines is 1. The lowest BCUT2D eigenvalue weighted by Gasteiger charge is -2.36. The molecule has 1 aliphatic rings. The van der Waals surface area contributed by atoms with Crippen LogP contribution in [0, 0.1) is 5.82 Å². The quantitative estimate of drug-likeness (QED) is 0.275. The molecular weight excluding hydrogens is 519 g/mol. The maximum Gasteiger partial charge on any atom is 0.410 e. The van der Waals surface area contributed by atoms with Crippen molar-refractivity contribution in [3.05, 3.63) is 90.8 Å². The first-order valence-electron chi connectivity index (χ1n) is 13.8. The molecule has 1 amide bonds. The number of aromatic nitrogens is 4. The summed E-state index contributed by atoms with van der Waals surface area (Å²) in [6.07, 6.45) is 7.37. The van der Waals surface area contributed by atoms with Gasteiger partial charge in [-0.2, -0.15) is 5.10 Å². The second-order valence-corrected chi connectivity index (χ2v) is 11.4. The van der Waals surface area contributed by atoms with E-state index in [1.807, 2.05) is 56.3 Å². The maximum atomic E-state index is 13.6. The molecule has 8 nitrogen and oxygen atoms in total. The topological polar surface area (TPSA) is 79.3 Å². The van der Waals surface area contributed by atoms with Crippen LogP contribution in [0.2, 0.25) is 0 Å². The fourth-order valence-corrected chi connectivity index (χ4v) is 5.15. The minimum Gasteiger partial charge on any atom is -0.444 e. The van der Waals surface area contributed by atoms with Gasteiger partial charge in [0.15, 0.2) is 0 Å². The Labute approximate surface area is 238 Å². The molecule has 0 radical (unpaired) electrons. The standard InChI is InChI=1S/C32H33FN6O2/c1-32(2,3)41-31(40)38-13-11-37(12-14-38)27-9-7-23(8-10-27)24-16-28-29(19-35-30(28)34-17-24)25-18-36-39(21-25)20-22-5-4-6-26(33)15-22/h4-10,15-19,21H,11-14,20H2,1-3H3,(H,34,35). The van der Waals surface area contributed by atoms with Crippen molar-refractivity contribution in [2.24, 2.45) is 0 Å². The van der Waals surface area contributed by atoms with Gasteiger partial charge in [0.05, 0.1) is 12.7 Å². The molecule has 0 saturated carbocycles. The number of fused-ring (bicyclic) bond motifs is 1. The fourth-order valence-electron chi connectivity index (χ4n) is 5.15. The van der Waals surface area contributed by atoms with Gasteiger partial charge in [0, 0.05) is 72.5 Å². The molecule has 0 aliphatic carbocycles. The van der Waals surface area contributed by atoms with Gasteiger partial charge in [0.25, 0.3) is 0 Å². The predicted octanol–water partition coefficient (Wildman–Crippen LogP) is 6.34. The zero-order chi connectivity index (χ0) is 28.6. The minimum atomic E-state index is -0.491. The Balaban J connectivity index is 1.15. The number of nitrogens with zero attached hydrogens (tertiary/aromatic N) is 5. The number of benzene rings is 2. The summed E-state index contributed by atoms with van der Waals surface area (Å²) in [5.74, 6) is -0.251. The van der Waals surface area contributed by atoms with E-state index in [0.717, 1.165) is 57.6 Å². The van der Waals surface area contributed by atoms with Crippen LogP contribution in [0.15, 0.2) is 79.4 Å². The fraction of sp³-hybridized carbons (Fsp3) is 0.281. The Morgan fingerprint density at radius 3 is 2.49 bits per heavy atom. The Morgan fingerprint density at radius 1 is 0.976 bits per heavy atom. The van der Waals surface area contributed by atoms with Crippen molar-refractivity contribution in [3.8, 4) is 22.3 Å². The SMILES string of the molecule is CC(C)(C)OC(=O)N1CCN(c2ccc(-c3cnc4[nH]cc(-c5cnn(Cc6cccc(F)c6)c5)c4c3)cc2)CC1. The number of hydrogen-bond acceptors (Lipinski definition) is 5. The normalized spacial score (nSPS) is 14.0. The van der Waals surface area contributed by atoms with Crippen molar-refractivity contribution < 1.29 is 13.9 Å². The average molecular weight is 553 g/mol. The first-order chi connectivity index (χ1) is 19.7. The monoisotopic (exact) mass is 552 g/mol. The van der Waals surface area contributed by atoms with Crippen LogP contribution in [-0.4, -0.2) is 62.5 Å². The number of anilines is 1. The van der Waals surface area contributed by atoms with Gasteiger partial charge < -0.3 is 19.5 Å². The largest absolute Gasteiger partial charge is 0.444 e. The Bertz CT molecular complexity index is 1680. The van der Waals surface area contributed by atoms with E-state index in [1.54, 1.807) is 11.0 Å². The number of carbonyl (C=O) groups excluding carboxylic acids is 1. The predicted molar refractivity (Wildman–Crippen MR) is 158 cm³/mol. The number of piperazine rings is 1. The van der Waals surface area contributed by atoms with E-state index in [2.05, 4.69) is 50.3 Å². The van der Waals surface area contributed by atoms with Gasteiger partial charge in [-0.1, -0.05) is 24.3 Å². The van der Waals surface area contributed by atoms with Crippen LogP contribution in [-0.2, 0) is 11.3 Å². The molecule has 4 heterocycles. The zero-order valence-electron chi connectivity index (χ0n) is 23.5. The van der Waals surface area contributed by atoms with Crippen molar-refractivity contribution in [3.63, 3.8) is 0 Å². The van der Waals surface area contributed by atoms with Crippen LogP contribution in [0.5, 0.6) is 0 Å². The molecule has 210 valence electrons. The van der Waals surface area contributed by atoms with Crippen LogP contribution in [0.1, 0.15) is 26.3 Å². The van der Waals surface area contributed by atoms with Gasteiger partial charge in [-0.15, -0.1) is 0 Å². The minimum absolute atomic E-state index is 0.251. The van der Waals surface area contributed by atoms with Crippen LogP contribution in [0.25, 0.3) is 33.3 Å². The second kappa shape index (κ2) is 10.7. The lowest BCUT2D eigenvalue weighted by atomic mass is 10.0. The number of pyridine rings is 1. The molecule has 0 spiro atoms. The molecule has 3 aromatic heterocycles. The van der Waals surface area contributed by atoms with E-state index in [-0.39, 0.29) is 11.9 Å². The van der Waals surface area contributed by atoms with Crippen molar-refractivity contribution >= 4 is 22.8 Å². The third kappa shape index (κ3) is 5.94. The molecule has 41 heavy (non-hydrogen) atoms. The van der Waals surface area contributed by atoms with Crippen LogP contribution >= 0.6 is 0 Å². The molecule has 1 fully saturated rings. The number of hydrogen-bond donors (Lipinski definition) is 1. The van der Waals surface area contributed by atoms with E-state index >= 15 is 0 Å². The number of ether oxygens (including phenoxy) is 1. The summed E-state index contributed by atoms with van der Waals surface area (Å²) in [6.45, 7) is 8.93. The summed E-state index contributed by atoms with van der Waals surface area (Å²) in [5, 5.41) is 5.50. The molecule has 0 atom stereocenters. The van der Waals surface area contributed by atoms with E-state index < -0.39 is 5.60 Å². The van der Waals surface area contributed by atoms with E-state index in [0.29, 0.717) is 19.6 Å². The lowest BCUT2D eigenvalue weighted by Crippen LogP contribution is -2.50. The molecular formula is C32H33FN6O2.